The van der Waals surface area contributed by atoms with E-state index in [2.05, 4.69) is 26.3 Å². The molecular weight excluding hydrogens is 495 g/mol. The highest BCUT2D eigenvalue weighted by Gasteiger charge is 2.42. The number of anilines is 1. The molecule has 1 aliphatic heterocycles. The second-order valence-electron chi connectivity index (χ2n) is 8.80. The van der Waals surface area contributed by atoms with Crippen molar-refractivity contribution in [1.29, 1.82) is 5.26 Å². The molecule has 190 valence electrons. The Morgan fingerprint density at radius 1 is 1.17 bits per heavy atom. The first-order chi connectivity index (χ1) is 17.0. The fourth-order valence-electron chi connectivity index (χ4n) is 4.44. The van der Waals surface area contributed by atoms with Gasteiger partial charge in [-0.05, 0) is 32.8 Å². The van der Waals surface area contributed by atoms with Crippen molar-refractivity contribution in [3.8, 4) is 11.9 Å². The lowest BCUT2D eigenvalue weighted by atomic mass is 9.77. The lowest BCUT2D eigenvalue weighted by Gasteiger charge is -2.31. The highest BCUT2D eigenvalue weighted by molar-refractivity contribution is 7.91. The van der Waals surface area contributed by atoms with Crippen LogP contribution in [0.25, 0.3) is 11.0 Å². The Hall–Kier alpha value is -3.46. The van der Waals surface area contributed by atoms with Crippen LogP contribution in [-0.4, -0.2) is 42.0 Å². The van der Waals surface area contributed by atoms with Gasteiger partial charge in [-0.1, -0.05) is 18.2 Å². The molecule has 1 aromatic carbocycles. The van der Waals surface area contributed by atoms with Gasteiger partial charge >= 0.3 is 0 Å². The number of aromatic nitrogens is 3. The lowest BCUT2D eigenvalue weighted by Crippen LogP contribution is -2.36. The van der Waals surface area contributed by atoms with E-state index in [4.69, 9.17) is 4.74 Å². The maximum absolute atomic E-state index is 14.8. The molecule has 12 heteroatoms. The van der Waals surface area contributed by atoms with Gasteiger partial charge in [0.1, 0.15) is 27.3 Å². The van der Waals surface area contributed by atoms with Crippen molar-refractivity contribution in [3.05, 3.63) is 52.6 Å². The van der Waals surface area contributed by atoms with Crippen LogP contribution in [0.3, 0.4) is 0 Å². The van der Waals surface area contributed by atoms with Crippen molar-refractivity contribution < 1.29 is 26.3 Å². The smallest absolute Gasteiger partial charge is 0.266 e. The number of ether oxygens (including phenoxy) is 1. The number of aryl methyl sites for hydroxylation is 1. The third-order valence-corrected chi connectivity index (χ3v) is 8.13. The number of nitrogens with zero attached hydrogens (tertiary/aromatic N) is 4. The number of nitriles is 1. The SMILES string of the molecule is COc1nc2nc(C)nc(N[C@H](C)c3cccc(C(F)F)c3F)c2cc1C1(C#N)CCS(=O)(=O)CC1. The van der Waals surface area contributed by atoms with Crippen LogP contribution in [0, 0.1) is 24.1 Å². The number of pyridine rings is 1. The van der Waals surface area contributed by atoms with E-state index < -0.39 is 39.1 Å². The van der Waals surface area contributed by atoms with Crippen molar-refractivity contribution >= 4 is 26.7 Å². The summed E-state index contributed by atoms with van der Waals surface area (Å²) < 4.78 is 70.7. The molecule has 2 aromatic heterocycles. The highest BCUT2D eigenvalue weighted by Crippen LogP contribution is 2.42. The molecule has 1 aliphatic rings. The van der Waals surface area contributed by atoms with E-state index in [1.807, 2.05) is 0 Å². The molecule has 0 saturated carbocycles. The van der Waals surface area contributed by atoms with Crippen LogP contribution >= 0.6 is 0 Å². The molecule has 0 bridgehead atoms. The maximum atomic E-state index is 14.8. The third kappa shape index (κ3) is 4.67. The maximum Gasteiger partial charge on any atom is 0.266 e. The topological polar surface area (TPSA) is 118 Å². The van der Waals surface area contributed by atoms with E-state index in [9.17, 15) is 26.9 Å². The van der Waals surface area contributed by atoms with Crippen LogP contribution in [-0.2, 0) is 15.3 Å². The van der Waals surface area contributed by atoms with Crippen LogP contribution in [0.4, 0.5) is 19.0 Å². The Bertz CT molecular complexity index is 1460. The van der Waals surface area contributed by atoms with Gasteiger partial charge in [0.15, 0.2) is 5.65 Å². The van der Waals surface area contributed by atoms with Crippen molar-refractivity contribution in [1.82, 2.24) is 15.0 Å². The van der Waals surface area contributed by atoms with Gasteiger partial charge in [-0.15, -0.1) is 0 Å². The minimum absolute atomic E-state index is 0.0323. The average molecular weight is 520 g/mol. The van der Waals surface area contributed by atoms with E-state index in [-0.39, 0.29) is 47.3 Å². The van der Waals surface area contributed by atoms with Gasteiger partial charge in [0, 0.05) is 11.1 Å². The normalized spacial score (nSPS) is 17.5. The number of hydrogen-bond acceptors (Lipinski definition) is 8. The van der Waals surface area contributed by atoms with Crippen LogP contribution in [0.2, 0.25) is 0 Å². The number of rotatable bonds is 6. The van der Waals surface area contributed by atoms with E-state index >= 15 is 0 Å². The Labute approximate surface area is 206 Å². The molecule has 3 heterocycles. The van der Waals surface area contributed by atoms with Crippen molar-refractivity contribution in [3.63, 3.8) is 0 Å². The molecule has 3 aromatic rings. The second-order valence-corrected chi connectivity index (χ2v) is 11.1. The number of sulfone groups is 1. The predicted octanol–water partition coefficient (Wildman–Crippen LogP) is 4.56. The van der Waals surface area contributed by atoms with E-state index in [1.165, 1.54) is 19.2 Å². The molecule has 8 nitrogen and oxygen atoms in total. The summed E-state index contributed by atoms with van der Waals surface area (Å²) in [6.07, 6.45) is -2.81. The molecule has 1 N–H and O–H groups in total. The fourth-order valence-corrected chi connectivity index (χ4v) is 5.96. The summed E-state index contributed by atoms with van der Waals surface area (Å²) in [7, 11) is -1.85. The van der Waals surface area contributed by atoms with Crippen molar-refractivity contribution in [2.45, 2.75) is 44.6 Å². The lowest BCUT2D eigenvalue weighted by molar-refractivity contribution is 0.146. The first-order valence-corrected chi connectivity index (χ1v) is 13.0. The van der Waals surface area contributed by atoms with Crippen LogP contribution in [0.1, 0.15) is 54.7 Å². The largest absolute Gasteiger partial charge is 0.481 e. The highest BCUT2D eigenvalue weighted by atomic mass is 32.2. The van der Waals surface area contributed by atoms with Crippen LogP contribution < -0.4 is 10.1 Å². The summed E-state index contributed by atoms with van der Waals surface area (Å²) in [5, 5.41) is 13.6. The summed E-state index contributed by atoms with van der Waals surface area (Å²) in [6, 6.07) is 6.96. The number of halogens is 3. The first-order valence-electron chi connectivity index (χ1n) is 11.2. The molecule has 0 amide bonds. The summed E-state index contributed by atoms with van der Waals surface area (Å²) in [6.45, 7) is 3.25. The monoisotopic (exact) mass is 519 g/mol. The molecular formula is C24H24F3N5O3S. The zero-order valence-corrected chi connectivity index (χ0v) is 20.7. The van der Waals surface area contributed by atoms with Crippen molar-refractivity contribution in [2.75, 3.05) is 23.9 Å². The number of nitrogens with one attached hydrogen (secondary N) is 1. The molecule has 1 saturated heterocycles. The van der Waals surface area contributed by atoms with E-state index in [1.54, 1.807) is 19.9 Å². The standard InChI is InChI=1S/C24H24F3N5O3S/c1-13(15-5-4-6-16(19(15)25)20(26)27)29-21-17-11-18(23(35-3)32-22(17)31-14(2)30-21)24(12-28)7-9-36(33,34)10-8-24/h4-6,11,13,20H,7-10H2,1-3H3,(H,29,30,31,32)/t13-/m1/s1. The summed E-state index contributed by atoms with van der Waals surface area (Å²) in [4.78, 5) is 13.2. The molecule has 36 heavy (non-hydrogen) atoms. The molecule has 0 radical (unpaired) electrons. The number of benzene rings is 1. The molecule has 1 atom stereocenters. The van der Waals surface area contributed by atoms with Gasteiger partial charge in [-0.2, -0.15) is 10.2 Å². The third-order valence-electron chi connectivity index (χ3n) is 6.48. The van der Waals surface area contributed by atoms with Crippen molar-refractivity contribution in [2.24, 2.45) is 0 Å². The zero-order valence-electron chi connectivity index (χ0n) is 19.8. The number of fused-ring (bicyclic) bond motifs is 1. The number of hydrogen-bond donors (Lipinski definition) is 1. The Kier molecular flexibility index (Phi) is 6.79. The van der Waals surface area contributed by atoms with Gasteiger partial charge in [0.25, 0.3) is 6.43 Å². The number of methoxy groups -OCH3 is 1. The zero-order chi connectivity index (χ0) is 26.3. The summed E-state index contributed by atoms with van der Waals surface area (Å²) in [5.74, 6) is -0.534. The van der Waals surface area contributed by atoms with E-state index in [0.717, 1.165) is 6.07 Å². The van der Waals surface area contributed by atoms with Gasteiger partial charge in [0.05, 0.1) is 47.1 Å². The van der Waals surface area contributed by atoms with Gasteiger partial charge in [0.2, 0.25) is 5.88 Å². The second kappa shape index (κ2) is 9.54. The minimum Gasteiger partial charge on any atom is -0.481 e. The quantitative estimate of drug-likeness (QED) is 0.504. The Morgan fingerprint density at radius 2 is 1.83 bits per heavy atom. The predicted molar refractivity (Wildman–Crippen MR) is 127 cm³/mol. The summed E-state index contributed by atoms with van der Waals surface area (Å²) >= 11 is 0. The molecule has 0 spiro atoms. The summed E-state index contributed by atoms with van der Waals surface area (Å²) in [5.41, 5.74) is -1.16. The van der Waals surface area contributed by atoms with Gasteiger partial charge in [-0.25, -0.2) is 31.6 Å². The minimum atomic E-state index is -3.25. The van der Waals surface area contributed by atoms with Crippen LogP contribution in [0.5, 0.6) is 5.88 Å². The Balaban J connectivity index is 1.83. The molecule has 0 unspecified atom stereocenters. The molecule has 4 rings (SSSR count). The Morgan fingerprint density at radius 3 is 2.44 bits per heavy atom. The molecule has 0 aliphatic carbocycles. The number of alkyl halides is 2. The van der Waals surface area contributed by atoms with Gasteiger partial charge in [-0.3, -0.25) is 0 Å². The fraction of sp³-hybridized carbons (Fsp3) is 0.417. The van der Waals surface area contributed by atoms with Crippen LogP contribution in [0.15, 0.2) is 24.3 Å². The first kappa shape index (κ1) is 25.6. The molecule has 1 fully saturated rings. The van der Waals surface area contributed by atoms with E-state index in [0.29, 0.717) is 16.8 Å². The average Bonchev–Trinajstić information content (AvgIpc) is 2.83. The van der Waals surface area contributed by atoms with Gasteiger partial charge < -0.3 is 10.1 Å².